The zero-order valence-corrected chi connectivity index (χ0v) is 21.6. The quantitative estimate of drug-likeness (QED) is 0.249. The van der Waals surface area contributed by atoms with E-state index in [1.54, 1.807) is 18.3 Å². The number of carbonyl (C=O) groups excluding carboxylic acids is 1. The number of rotatable bonds is 13. The molecule has 0 saturated heterocycles. The molecule has 0 spiro atoms. The average molecular weight is 511 g/mol. The lowest BCUT2D eigenvalue weighted by atomic mass is 10.0. The summed E-state index contributed by atoms with van der Waals surface area (Å²) in [7, 11) is -4.09. The largest absolute Gasteiger partial charge is 0.492 e. The molecule has 2 N–H and O–H groups in total. The first kappa shape index (κ1) is 27.4. The van der Waals surface area contributed by atoms with Crippen molar-refractivity contribution in [1.29, 1.82) is 0 Å². The van der Waals surface area contributed by atoms with Crippen molar-refractivity contribution in [3.05, 3.63) is 83.6 Å². The Morgan fingerprint density at radius 2 is 1.67 bits per heavy atom. The van der Waals surface area contributed by atoms with Crippen molar-refractivity contribution in [3.63, 3.8) is 0 Å². The van der Waals surface area contributed by atoms with Crippen LogP contribution in [0.2, 0.25) is 0 Å². The maximum absolute atomic E-state index is 12.0. The van der Waals surface area contributed by atoms with Crippen molar-refractivity contribution in [2.24, 2.45) is 5.92 Å². The highest BCUT2D eigenvalue weighted by Crippen LogP contribution is 2.21. The van der Waals surface area contributed by atoms with Gasteiger partial charge >= 0.3 is 0 Å². The number of unbranched alkanes of at least 4 members (excludes halogenated alkanes) is 1. The summed E-state index contributed by atoms with van der Waals surface area (Å²) in [6, 6.07) is 19.7. The molecule has 0 aliphatic carbocycles. The standard InChI is InChI=1S/C28H34N2O5S/c1-21(2)19-23-8-10-24(11-9-23)27-15-14-26(20-30-27)35-17-4-3-5-22-6-12-25(13-7-22)28(31)29-16-18-36(32,33)34/h6-15,20-21H,3-5,16-19H2,1-2H3,(H,29,31)(H,32,33,34). The van der Waals surface area contributed by atoms with E-state index in [1.807, 2.05) is 24.3 Å². The molecule has 1 amide bonds. The van der Waals surface area contributed by atoms with Crippen molar-refractivity contribution in [1.82, 2.24) is 10.3 Å². The molecule has 3 aromatic rings. The highest BCUT2D eigenvalue weighted by Gasteiger charge is 2.08. The Kier molecular flexibility index (Phi) is 10.0. The highest BCUT2D eigenvalue weighted by molar-refractivity contribution is 7.85. The van der Waals surface area contributed by atoms with Gasteiger partial charge in [0.25, 0.3) is 16.0 Å². The van der Waals surface area contributed by atoms with Gasteiger partial charge in [-0.15, -0.1) is 0 Å². The van der Waals surface area contributed by atoms with E-state index in [9.17, 15) is 13.2 Å². The van der Waals surface area contributed by atoms with Crippen LogP contribution in [0.15, 0.2) is 66.9 Å². The second kappa shape index (κ2) is 13.2. The number of pyridine rings is 1. The number of hydrogen-bond acceptors (Lipinski definition) is 5. The number of hydrogen-bond donors (Lipinski definition) is 2. The minimum absolute atomic E-state index is 0.136. The molecular formula is C28H34N2O5S. The third kappa shape index (κ3) is 9.43. The van der Waals surface area contributed by atoms with E-state index < -0.39 is 15.9 Å². The van der Waals surface area contributed by atoms with Crippen LogP contribution >= 0.6 is 0 Å². The highest BCUT2D eigenvalue weighted by atomic mass is 32.2. The summed E-state index contributed by atoms with van der Waals surface area (Å²) in [5, 5.41) is 2.47. The molecule has 0 aliphatic rings. The van der Waals surface area contributed by atoms with E-state index in [1.165, 1.54) is 5.56 Å². The predicted molar refractivity (Wildman–Crippen MR) is 142 cm³/mol. The second-order valence-corrected chi connectivity index (χ2v) is 10.8. The number of ether oxygens (including phenoxy) is 1. The van der Waals surface area contributed by atoms with Gasteiger partial charge in [0.05, 0.1) is 24.3 Å². The monoisotopic (exact) mass is 510 g/mol. The number of carbonyl (C=O) groups is 1. The van der Waals surface area contributed by atoms with Gasteiger partial charge in [0.1, 0.15) is 5.75 Å². The fourth-order valence-electron chi connectivity index (χ4n) is 3.76. The van der Waals surface area contributed by atoms with E-state index >= 15 is 0 Å². The van der Waals surface area contributed by atoms with Crippen LogP contribution in [-0.2, 0) is 23.0 Å². The molecule has 0 fully saturated rings. The zero-order chi connectivity index (χ0) is 26.0. The van der Waals surface area contributed by atoms with E-state index in [-0.39, 0.29) is 12.5 Å². The number of aromatic nitrogens is 1. The van der Waals surface area contributed by atoms with Crippen LogP contribution in [0.1, 0.15) is 48.2 Å². The molecule has 0 bridgehead atoms. The summed E-state index contributed by atoms with van der Waals surface area (Å²) in [5.41, 5.74) is 4.91. The fraction of sp³-hybridized carbons (Fsp3) is 0.357. The Hall–Kier alpha value is -3.23. The van der Waals surface area contributed by atoms with Crippen LogP contribution in [0.5, 0.6) is 5.75 Å². The molecule has 1 heterocycles. The van der Waals surface area contributed by atoms with Gasteiger partial charge in [0, 0.05) is 17.7 Å². The van der Waals surface area contributed by atoms with Gasteiger partial charge in [-0.05, 0) is 67.0 Å². The number of amides is 1. The van der Waals surface area contributed by atoms with Crippen molar-refractivity contribution >= 4 is 16.0 Å². The number of nitrogens with zero attached hydrogens (tertiary/aromatic N) is 1. The number of benzene rings is 2. The molecule has 0 unspecified atom stereocenters. The topological polar surface area (TPSA) is 106 Å². The first-order valence-electron chi connectivity index (χ1n) is 12.2. The summed E-state index contributed by atoms with van der Waals surface area (Å²) in [6.45, 7) is 4.90. The molecule has 3 rings (SSSR count). The minimum atomic E-state index is -4.09. The molecule has 36 heavy (non-hydrogen) atoms. The van der Waals surface area contributed by atoms with Gasteiger partial charge in [-0.1, -0.05) is 50.2 Å². The van der Waals surface area contributed by atoms with E-state index in [2.05, 4.69) is 48.4 Å². The van der Waals surface area contributed by atoms with Crippen LogP contribution in [0.25, 0.3) is 11.3 Å². The van der Waals surface area contributed by atoms with Gasteiger partial charge in [-0.3, -0.25) is 14.3 Å². The molecule has 0 atom stereocenters. The Morgan fingerprint density at radius 3 is 2.28 bits per heavy atom. The van der Waals surface area contributed by atoms with Crippen LogP contribution < -0.4 is 10.1 Å². The van der Waals surface area contributed by atoms with Crippen molar-refractivity contribution in [3.8, 4) is 17.0 Å². The van der Waals surface area contributed by atoms with Crippen LogP contribution in [0.3, 0.4) is 0 Å². The second-order valence-electron chi connectivity index (χ2n) is 9.22. The smallest absolute Gasteiger partial charge is 0.266 e. The van der Waals surface area contributed by atoms with Crippen LogP contribution in [-0.4, -0.2) is 42.8 Å². The fourth-order valence-corrected chi connectivity index (χ4v) is 4.12. The molecule has 8 heteroatoms. The van der Waals surface area contributed by atoms with Crippen LogP contribution in [0.4, 0.5) is 0 Å². The summed E-state index contributed by atoms with van der Waals surface area (Å²) in [5.74, 6) is 0.505. The lowest BCUT2D eigenvalue weighted by Gasteiger charge is -2.09. The Labute approximate surface area is 213 Å². The molecule has 0 saturated carbocycles. The Balaban J connectivity index is 1.36. The third-order valence-corrected chi connectivity index (χ3v) is 6.34. The predicted octanol–water partition coefficient (Wildman–Crippen LogP) is 4.97. The van der Waals surface area contributed by atoms with Gasteiger partial charge in [0.15, 0.2) is 0 Å². The Morgan fingerprint density at radius 1 is 0.972 bits per heavy atom. The average Bonchev–Trinajstić information content (AvgIpc) is 2.84. The lowest BCUT2D eigenvalue weighted by Crippen LogP contribution is -2.28. The molecule has 192 valence electrons. The summed E-state index contributed by atoms with van der Waals surface area (Å²) >= 11 is 0. The van der Waals surface area contributed by atoms with E-state index in [4.69, 9.17) is 9.29 Å². The normalized spacial score (nSPS) is 11.4. The first-order valence-corrected chi connectivity index (χ1v) is 13.8. The van der Waals surface area contributed by atoms with Gasteiger partial charge in [-0.25, -0.2) is 0 Å². The van der Waals surface area contributed by atoms with Crippen molar-refractivity contribution < 1.29 is 22.5 Å². The molecule has 1 aromatic heterocycles. The molecule has 0 radical (unpaired) electrons. The van der Waals surface area contributed by atoms with Crippen molar-refractivity contribution in [2.75, 3.05) is 18.9 Å². The zero-order valence-electron chi connectivity index (χ0n) is 20.8. The van der Waals surface area contributed by atoms with E-state index in [0.29, 0.717) is 18.1 Å². The molecule has 2 aromatic carbocycles. The molecule has 7 nitrogen and oxygen atoms in total. The van der Waals surface area contributed by atoms with Gasteiger partial charge < -0.3 is 10.1 Å². The summed E-state index contributed by atoms with van der Waals surface area (Å²) in [6.07, 6.45) is 5.52. The van der Waals surface area contributed by atoms with E-state index in [0.717, 1.165) is 48.3 Å². The number of aryl methyl sites for hydroxylation is 1. The lowest BCUT2D eigenvalue weighted by molar-refractivity contribution is 0.0956. The SMILES string of the molecule is CC(C)Cc1ccc(-c2ccc(OCCCCc3ccc(C(=O)NCCS(=O)(=O)O)cc3)cn2)cc1. The van der Waals surface area contributed by atoms with Gasteiger partial charge in [0.2, 0.25) is 0 Å². The first-order chi connectivity index (χ1) is 17.2. The van der Waals surface area contributed by atoms with Crippen molar-refractivity contribution in [2.45, 2.75) is 39.5 Å². The third-order valence-electron chi connectivity index (χ3n) is 5.62. The summed E-state index contributed by atoms with van der Waals surface area (Å²) in [4.78, 5) is 16.6. The number of nitrogens with one attached hydrogen (secondary N) is 1. The summed E-state index contributed by atoms with van der Waals surface area (Å²) < 4.78 is 36.0. The molecule has 0 aliphatic heterocycles. The maximum Gasteiger partial charge on any atom is 0.266 e. The van der Waals surface area contributed by atoms with Crippen LogP contribution in [0, 0.1) is 5.92 Å². The molecular weight excluding hydrogens is 476 g/mol. The maximum atomic E-state index is 12.0. The Bertz CT molecular complexity index is 1210. The van der Waals surface area contributed by atoms with Gasteiger partial charge in [-0.2, -0.15) is 8.42 Å². The minimum Gasteiger partial charge on any atom is -0.492 e.